The Morgan fingerprint density at radius 3 is 2.45 bits per heavy atom. The maximum Gasteiger partial charge on any atom is 0.335 e. The molecular formula is C32H32F3NO2. The lowest BCUT2D eigenvalue weighted by Gasteiger charge is -2.41. The molecule has 0 aromatic heterocycles. The van der Waals surface area contributed by atoms with Crippen LogP contribution in [0.25, 0.3) is 11.1 Å². The molecule has 38 heavy (non-hydrogen) atoms. The summed E-state index contributed by atoms with van der Waals surface area (Å²) in [5.74, 6) is -1.37. The van der Waals surface area contributed by atoms with Crippen molar-refractivity contribution in [3.05, 3.63) is 105 Å². The Hall–Kier alpha value is -3.38. The highest BCUT2D eigenvalue weighted by molar-refractivity contribution is 6.00. The van der Waals surface area contributed by atoms with Crippen LogP contribution in [0.3, 0.4) is 0 Å². The van der Waals surface area contributed by atoms with Gasteiger partial charge >= 0.3 is 5.97 Å². The van der Waals surface area contributed by atoms with Crippen molar-refractivity contribution in [2.45, 2.75) is 38.8 Å². The number of carboxylic acid groups (broad SMARTS) is 1. The van der Waals surface area contributed by atoms with Gasteiger partial charge in [-0.05, 0) is 89.8 Å². The van der Waals surface area contributed by atoms with E-state index in [-0.39, 0.29) is 24.0 Å². The van der Waals surface area contributed by atoms with E-state index in [1.165, 1.54) is 6.07 Å². The van der Waals surface area contributed by atoms with Gasteiger partial charge in [-0.15, -0.1) is 0 Å². The van der Waals surface area contributed by atoms with Crippen molar-refractivity contribution in [2.75, 3.05) is 26.3 Å². The van der Waals surface area contributed by atoms with Crippen LogP contribution in [-0.2, 0) is 6.42 Å². The molecule has 6 heteroatoms. The fourth-order valence-corrected chi connectivity index (χ4v) is 5.75. The monoisotopic (exact) mass is 519 g/mol. The minimum Gasteiger partial charge on any atom is -0.478 e. The fraction of sp³-hybridized carbons (Fsp3) is 0.344. The molecule has 1 heterocycles. The zero-order valence-electron chi connectivity index (χ0n) is 21.5. The number of halogens is 3. The van der Waals surface area contributed by atoms with E-state index < -0.39 is 12.1 Å². The number of hydrogen-bond donors (Lipinski definition) is 1. The van der Waals surface area contributed by atoms with Crippen LogP contribution in [-0.4, -0.2) is 42.3 Å². The SMILES string of the molecule is Cc1ccc(C2=C(c3ccc(C(F)C4CN(CCCF)C4)cc3)c3ccc(C(=O)O)cc3CCC2)c(F)c1. The summed E-state index contributed by atoms with van der Waals surface area (Å²) in [4.78, 5) is 13.7. The Balaban J connectivity index is 1.53. The molecule has 2 aliphatic rings. The van der Waals surface area contributed by atoms with Gasteiger partial charge in [0.05, 0.1) is 12.2 Å². The van der Waals surface area contributed by atoms with Crippen LogP contribution in [0.1, 0.15) is 69.2 Å². The number of hydrogen-bond acceptors (Lipinski definition) is 2. The quantitative estimate of drug-likeness (QED) is 0.336. The highest BCUT2D eigenvalue weighted by atomic mass is 19.1. The number of allylic oxidation sites excluding steroid dienone is 1. The average molecular weight is 520 g/mol. The smallest absolute Gasteiger partial charge is 0.335 e. The zero-order valence-corrected chi connectivity index (χ0v) is 21.5. The minimum absolute atomic E-state index is 0.107. The highest BCUT2D eigenvalue weighted by Gasteiger charge is 2.34. The van der Waals surface area contributed by atoms with Crippen LogP contribution in [0.5, 0.6) is 0 Å². The number of carbonyl (C=O) groups is 1. The summed E-state index contributed by atoms with van der Waals surface area (Å²) >= 11 is 0. The van der Waals surface area contributed by atoms with Crippen LogP contribution in [0.15, 0.2) is 60.7 Å². The molecule has 1 atom stereocenters. The Morgan fingerprint density at radius 2 is 1.76 bits per heavy atom. The van der Waals surface area contributed by atoms with Crippen molar-refractivity contribution in [1.82, 2.24) is 4.90 Å². The second kappa shape index (κ2) is 11.2. The van der Waals surface area contributed by atoms with Gasteiger partial charge in [-0.3, -0.25) is 4.39 Å². The first-order valence-electron chi connectivity index (χ1n) is 13.2. The van der Waals surface area contributed by atoms with Crippen LogP contribution < -0.4 is 0 Å². The molecule has 198 valence electrons. The van der Waals surface area contributed by atoms with Gasteiger partial charge in [0.15, 0.2) is 0 Å². The van der Waals surface area contributed by atoms with E-state index in [0.29, 0.717) is 50.0 Å². The van der Waals surface area contributed by atoms with Gasteiger partial charge < -0.3 is 10.0 Å². The summed E-state index contributed by atoms with van der Waals surface area (Å²) in [6, 6.07) is 17.8. The lowest BCUT2D eigenvalue weighted by atomic mass is 9.85. The summed E-state index contributed by atoms with van der Waals surface area (Å²) in [7, 11) is 0. The van der Waals surface area contributed by atoms with Crippen molar-refractivity contribution >= 4 is 17.1 Å². The number of carboxylic acids is 1. The number of aromatic carboxylic acids is 1. The molecule has 3 nitrogen and oxygen atoms in total. The first kappa shape index (κ1) is 26.2. The molecular weight excluding hydrogens is 487 g/mol. The number of rotatable bonds is 8. The topological polar surface area (TPSA) is 40.5 Å². The lowest BCUT2D eigenvalue weighted by molar-refractivity contribution is 0.0364. The molecule has 0 radical (unpaired) electrons. The van der Waals surface area contributed by atoms with Crippen molar-refractivity contribution in [1.29, 1.82) is 0 Å². The maximum atomic E-state index is 15.3. The van der Waals surface area contributed by atoms with Crippen molar-refractivity contribution in [2.24, 2.45) is 5.92 Å². The van der Waals surface area contributed by atoms with Crippen LogP contribution in [0.4, 0.5) is 13.2 Å². The maximum absolute atomic E-state index is 15.3. The third kappa shape index (κ3) is 5.28. The number of likely N-dealkylation sites (tertiary alicyclic amines) is 1. The predicted molar refractivity (Wildman–Crippen MR) is 144 cm³/mol. The standard InChI is InChI=1S/C32H32F3NO2/c1-20-6-12-27(29(34)16-20)28-5-2-4-23-17-24(32(37)38)11-13-26(23)30(28)21-7-9-22(10-8-21)31(35)25-18-36(19-25)15-3-14-33/h6-13,16-17,25,31H,2-5,14-15,18-19H2,1H3,(H,37,38). The van der Waals surface area contributed by atoms with Crippen LogP contribution in [0.2, 0.25) is 0 Å². The van der Waals surface area contributed by atoms with E-state index in [1.54, 1.807) is 24.3 Å². The van der Waals surface area contributed by atoms with Gasteiger partial charge in [0.1, 0.15) is 12.0 Å². The molecule has 0 bridgehead atoms. The summed E-state index contributed by atoms with van der Waals surface area (Å²) in [6.07, 6.45) is 1.45. The molecule has 3 aromatic carbocycles. The zero-order chi connectivity index (χ0) is 26.8. The summed E-state index contributed by atoms with van der Waals surface area (Å²) in [5.41, 5.74) is 6.58. The number of benzene rings is 3. The van der Waals surface area contributed by atoms with Gasteiger partial charge in [-0.1, -0.05) is 42.5 Å². The number of aryl methyl sites for hydroxylation is 2. The van der Waals surface area contributed by atoms with E-state index in [1.807, 2.05) is 37.3 Å². The molecule has 0 amide bonds. The minimum atomic E-state index is -1.10. The van der Waals surface area contributed by atoms with Crippen LogP contribution in [0, 0.1) is 18.7 Å². The second-order valence-corrected chi connectivity index (χ2v) is 10.5. The van der Waals surface area contributed by atoms with Gasteiger partial charge in [0, 0.05) is 31.1 Å². The summed E-state index contributed by atoms with van der Waals surface area (Å²) < 4.78 is 42.9. The van der Waals surface area contributed by atoms with Crippen molar-refractivity contribution in [3.8, 4) is 0 Å². The highest BCUT2D eigenvalue weighted by Crippen LogP contribution is 2.42. The molecule has 0 spiro atoms. The first-order chi connectivity index (χ1) is 18.4. The number of nitrogens with zero attached hydrogens (tertiary/aromatic N) is 1. The van der Waals surface area contributed by atoms with E-state index in [2.05, 4.69) is 4.90 Å². The predicted octanol–water partition coefficient (Wildman–Crippen LogP) is 7.43. The number of fused-ring (bicyclic) bond motifs is 1. The second-order valence-electron chi connectivity index (χ2n) is 10.5. The molecule has 3 aromatic rings. The Morgan fingerprint density at radius 1 is 1.03 bits per heavy atom. The van der Waals surface area contributed by atoms with E-state index in [4.69, 9.17) is 0 Å². The first-order valence-corrected chi connectivity index (χ1v) is 13.2. The van der Waals surface area contributed by atoms with Crippen molar-refractivity contribution in [3.63, 3.8) is 0 Å². The Labute approximate surface area is 221 Å². The largest absolute Gasteiger partial charge is 0.478 e. The lowest BCUT2D eigenvalue weighted by Crippen LogP contribution is -2.48. The van der Waals surface area contributed by atoms with Gasteiger partial charge in [-0.25, -0.2) is 13.6 Å². The van der Waals surface area contributed by atoms with Crippen LogP contribution >= 0.6 is 0 Å². The third-order valence-corrected chi connectivity index (χ3v) is 7.77. The van der Waals surface area contributed by atoms with Gasteiger partial charge in [0.2, 0.25) is 0 Å². The van der Waals surface area contributed by atoms with E-state index in [0.717, 1.165) is 39.8 Å². The van der Waals surface area contributed by atoms with E-state index >= 15 is 8.78 Å². The molecule has 1 saturated heterocycles. The van der Waals surface area contributed by atoms with Crippen molar-refractivity contribution < 1.29 is 23.1 Å². The molecule has 1 unspecified atom stereocenters. The normalized spacial score (nSPS) is 17.1. The third-order valence-electron chi connectivity index (χ3n) is 7.77. The van der Waals surface area contributed by atoms with E-state index in [9.17, 15) is 14.3 Å². The van der Waals surface area contributed by atoms with Gasteiger partial charge in [0.25, 0.3) is 0 Å². The molecule has 5 rings (SSSR count). The molecule has 1 N–H and O–H groups in total. The summed E-state index contributed by atoms with van der Waals surface area (Å²) in [5, 5.41) is 9.53. The number of alkyl halides is 2. The molecule has 1 fully saturated rings. The Kier molecular flexibility index (Phi) is 7.70. The molecule has 1 aliphatic heterocycles. The molecule has 0 saturated carbocycles. The average Bonchev–Trinajstić information content (AvgIpc) is 3.07. The van der Waals surface area contributed by atoms with Gasteiger partial charge in [-0.2, -0.15) is 0 Å². The fourth-order valence-electron chi connectivity index (χ4n) is 5.75. The summed E-state index contributed by atoms with van der Waals surface area (Å²) in [6.45, 7) is 3.42. The Bertz CT molecular complexity index is 1360. The molecule has 1 aliphatic carbocycles.